The van der Waals surface area contributed by atoms with E-state index in [1.807, 2.05) is 0 Å². The molecule has 104 valence electrons. The Morgan fingerprint density at radius 2 is 1.75 bits per heavy atom. The monoisotopic (exact) mass is 303 g/mol. The van der Waals surface area contributed by atoms with Crippen LogP contribution in [0.4, 0.5) is 30.4 Å². The van der Waals surface area contributed by atoms with Crippen LogP contribution in [0.15, 0.2) is 24.3 Å². The first kappa shape index (κ1) is 14.1. The van der Waals surface area contributed by atoms with E-state index in [4.69, 9.17) is 11.6 Å². The predicted molar refractivity (Wildman–Crippen MR) is 65.5 cm³/mol. The van der Waals surface area contributed by atoms with E-state index in [0.717, 1.165) is 12.1 Å². The number of rotatable bonds is 3. The van der Waals surface area contributed by atoms with Crippen LogP contribution in [-0.4, -0.2) is 9.91 Å². The molecule has 9 heteroatoms. The largest absolute Gasteiger partial charge is 0.340 e. The summed E-state index contributed by atoms with van der Waals surface area (Å²) >= 11 is 5.58. The molecule has 0 radical (unpaired) electrons. The number of hydrogen-bond donors (Lipinski definition) is 1. The summed E-state index contributed by atoms with van der Waals surface area (Å²) in [5.41, 5.74) is -0.513. The Bertz CT molecular complexity index is 674. The molecule has 0 saturated heterocycles. The first-order valence-corrected chi connectivity index (χ1v) is 5.48. The number of anilines is 2. The standard InChI is InChI=1S/C11H5ClF3N3O2/c12-9-3-6(18(19)20)4-10(17-9)16-5-1-7(13)11(15)8(14)2-5/h1-4H,(H,16,17). The van der Waals surface area contributed by atoms with Gasteiger partial charge in [0.1, 0.15) is 11.0 Å². The van der Waals surface area contributed by atoms with Crippen LogP contribution in [0.2, 0.25) is 5.15 Å². The van der Waals surface area contributed by atoms with Gasteiger partial charge >= 0.3 is 0 Å². The SMILES string of the molecule is O=[N+]([O-])c1cc(Cl)nc(Nc2cc(F)c(F)c(F)c2)c1. The molecule has 0 aliphatic rings. The quantitative estimate of drug-likeness (QED) is 0.405. The van der Waals surface area contributed by atoms with E-state index in [-0.39, 0.29) is 22.3 Å². The lowest BCUT2D eigenvalue weighted by Crippen LogP contribution is -1.99. The Kier molecular flexibility index (Phi) is 3.75. The van der Waals surface area contributed by atoms with Crippen LogP contribution < -0.4 is 5.32 Å². The highest BCUT2D eigenvalue weighted by Gasteiger charge is 2.13. The third kappa shape index (κ3) is 2.97. The molecule has 1 aromatic carbocycles. The van der Waals surface area contributed by atoms with Crippen molar-refractivity contribution in [3.63, 3.8) is 0 Å². The Morgan fingerprint density at radius 1 is 1.15 bits per heavy atom. The average molecular weight is 304 g/mol. The van der Waals surface area contributed by atoms with Gasteiger partial charge in [-0.05, 0) is 0 Å². The number of nitrogens with one attached hydrogen (secondary N) is 1. The molecule has 0 aliphatic carbocycles. The van der Waals surface area contributed by atoms with Crippen LogP contribution >= 0.6 is 11.6 Å². The molecule has 2 rings (SSSR count). The first-order valence-electron chi connectivity index (χ1n) is 5.10. The lowest BCUT2D eigenvalue weighted by atomic mass is 10.2. The van der Waals surface area contributed by atoms with Crippen molar-refractivity contribution in [1.82, 2.24) is 4.98 Å². The van der Waals surface area contributed by atoms with Gasteiger partial charge in [-0.15, -0.1) is 0 Å². The molecule has 0 aliphatic heterocycles. The van der Waals surface area contributed by atoms with E-state index in [1.54, 1.807) is 0 Å². The molecule has 1 N–H and O–H groups in total. The zero-order valence-corrected chi connectivity index (χ0v) is 10.3. The second-order valence-electron chi connectivity index (χ2n) is 3.67. The number of nitrogens with zero attached hydrogens (tertiary/aromatic N) is 2. The molecule has 0 bridgehead atoms. The Labute approximate surface area is 115 Å². The lowest BCUT2D eigenvalue weighted by Gasteiger charge is -2.07. The predicted octanol–water partition coefficient (Wildman–Crippen LogP) is 3.80. The Balaban J connectivity index is 2.37. The summed E-state index contributed by atoms with van der Waals surface area (Å²) in [5.74, 6) is -4.51. The topological polar surface area (TPSA) is 68.1 Å². The van der Waals surface area contributed by atoms with Crippen molar-refractivity contribution in [1.29, 1.82) is 0 Å². The molecule has 0 saturated carbocycles. The number of halogens is 4. The highest BCUT2D eigenvalue weighted by atomic mass is 35.5. The molecule has 2 aromatic rings. The minimum Gasteiger partial charge on any atom is -0.340 e. The van der Waals surface area contributed by atoms with E-state index >= 15 is 0 Å². The highest BCUT2D eigenvalue weighted by Crippen LogP contribution is 2.25. The summed E-state index contributed by atoms with van der Waals surface area (Å²) in [4.78, 5) is 13.6. The van der Waals surface area contributed by atoms with Crippen molar-refractivity contribution < 1.29 is 18.1 Å². The third-order valence-electron chi connectivity index (χ3n) is 2.25. The van der Waals surface area contributed by atoms with Crippen LogP contribution in [0.5, 0.6) is 0 Å². The van der Waals surface area contributed by atoms with E-state index in [1.165, 1.54) is 0 Å². The second kappa shape index (κ2) is 5.33. The number of benzene rings is 1. The van der Waals surface area contributed by atoms with Gasteiger partial charge in [-0.3, -0.25) is 10.1 Å². The van der Waals surface area contributed by atoms with Crippen LogP contribution in [0.25, 0.3) is 0 Å². The van der Waals surface area contributed by atoms with E-state index in [0.29, 0.717) is 12.1 Å². The second-order valence-corrected chi connectivity index (χ2v) is 4.06. The van der Waals surface area contributed by atoms with Crippen LogP contribution in [0.1, 0.15) is 0 Å². The summed E-state index contributed by atoms with van der Waals surface area (Å²) < 4.78 is 38.8. The Hall–Kier alpha value is -2.35. The van der Waals surface area contributed by atoms with Crippen molar-refractivity contribution >= 4 is 28.8 Å². The number of aromatic nitrogens is 1. The molecule has 5 nitrogen and oxygen atoms in total. The summed E-state index contributed by atoms with van der Waals surface area (Å²) in [6.45, 7) is 0. The maximum absolute atomic E-state index is 13.0. The van der Waals surface area contributed by atoms with Gasteiger partial charge in [-0.2, -0.15) is 0 Å². The van der Waals surface area contributed by atoms with Crippen molar-refractivity contribution in [3.05, 3.63) is 57.0 Å². The average Bonchev–Trinajstić information content (AvgIpc) is 2.35. The van der Waals surface area contributed by atoms with Crippen molar-refractivity contribution in [2.45, 2.75) is 0 Å². The van der Waals surface area contributed by atoms with Crippen molar-refractivity contribution in [2.24, 2.45) is 0 Å². The van der Waals surface area contributed by atoms with Crippen LogP contribution in [0, 0.1) is 27.6 Å². The van der Waals surface area contributed by atoms with Gasteiger partial charge in [0.25, 0.3) is 5.69 Å². The fourth-order valence-electron chi connectivity index (χ4n) is 1.43. The Morgan fingerprint density at radius 3 is 2.30 bits per heavy atom. The summed E-state index contributed by atoms with van der Waals surface area (Å²) in [5, 5.41) is 12.9. The van der Waals surface area contributed by atoms with Gasteiger partial charge in [0.15, 0.2) is 17.5 Å². The van der Waals surface area contributed by atoms with Gasteiger partial charge in [0.05, 0.1) is 17.1 Å². The third-order valence-corrected chi connectivity index (χ3v) is 2.44. The number of hydrogen-bond acceptors (Lipinski definition) is 4. The molecule has 0 amide bonds. The van der Waals surface area contributed by atoms with E-state index in [9.17, 15) is 23.3 Å². The van der Waals surface area contributed by atoms with Gasteiger partial charge in [-0.1, -0.05) is 11.6 Å². The summed E-state index contributed by atoms with van der Waals surface area (Å²) in [6, 6.07) is 3.41. The molecule has 1 aromatic heterocycles. The number of pyridine rings is 1. The minimum absolute atomic E-state index is 0.102. The summed E-state index contributed by atoms with van der Waals surface area (Å²) in [7, 11) is 0. The van der Waals surface area contributed by atoms with Crippen LogP contribution in [-0.2, 0) is 0 Å². The molecular weight excluding hydrogens is 299 g/mol. The smallest absolute Gasteiger partial charge is 0.276 e. The van der Waals surface area contributed by atoms with Crippen LogP contribution in [0.3, 0.4) is 0 Å². The molecule has 0 unspecified atom stereocenters. The zero-order chi connectivity index (χ0) is 14.9. The number of nitro groups is 1. The highest BCUT2D eigenvalue weighted by molar-refractivity contribution is 6.29. The molecule has 0 atom stereocenters. The van der Waals surface area contributed by atoms with E-state index in [2.05, 4.69) is 10.3 Å². The molecule has 0 fully saturated rings. The maximum Gasteiger partial charge on any atom is 0.276 e. The lowest BCUT2D eigenvalue weighted by molar-refractivity contribution is -0.384. The van der Waals surface area contributed by atoms with Crippen molar-refractivity contribution in [3.8, 4) is 0 Å². The summed E-state index contributed by atoms with van der Waals surface area (Å²) in [6.07, 6.45) is 0. The molecule has 0 spiro atoms. The van der Waals surface area contributed by atoms with E-state index < -0.39 is 22.4 Å². The fraction of sp³-hybridized carbons (Fsp3) is 0. The molecular formula is C11H5ClF3N3O2. The van der Waals surface area contributed by atoms with Gasteiger partial charge in [0, 0.05) is 17.8 Å². The molecule has 20 heavy (non-hydrogen) atoms. The molecule has 1 heterocycles. The van der Waals surface area contributed by atoms with Gasteiger partial charge < -0.3 is 5.32 Å². The fourth-order valence-corrected chi connectivity index (χ4v) is 1.63. The van der Waals surface area contributed by atoms with Gasteiger partial charge in [0.2, 0.25) is 0 Å². The normalized spacial score (nSPS) is 10.4. The van der Waals surface area contributed by atoms with Crippen molar-refractivity contribution in [2.75, 3.05) is 5.32 Å². The first-order chi connectivity index (χ1) is 9.36. The van der Waals surface area contributed by atoms with Gasteiger partial charge in [-0.25, -0.2) is 18.2 Å². The maximum atomic E-state index is 13.0. The zero-order valence-electron chi connectivity index (χ0n) is 9.53. The minimum atomic E-state index is -1.61.